The first kappa shape index (κ1) is 17.8. The monoisotopic (exact) mass is 386 g/mol. The molecule has 0 bridgehead atoms. The van der Waals surface area contributed by atoms with Crippen molar-refractivity contribution in [3.63, 3.8) is 0 Å². The van der Waals surface area contributed by atoms with Gasteiger partial charge < -0.3 is 5.11 Å². The van der Waals surface area contributed by atoms with Gasteiger partial charge in [0.15, 0.2) is 0 Å². The smallest absolute Gasteiger partial charge is 0.347 e. The lowest BCUT2D eigenvalue weighted by Crippen LogP contribution is -2.15. The quantitative estimate of drug-likeness (QED) is 0.671. The summed E-state index contributed by atoms with van der Waals surface area (Å²) >= 11 is 0.867. The zero-order chi connectivity index (χ0) is 18.6. The molecule has 132 valence electrons. The molecule has 0 radical (unpaired) electrons. The predicted molar refractivity (Wildman–Crippen MR) is 102 cm³/mol. The normalized spacial score (nSPS) is 11.5. The van der Waals surface area contributed by atoms with Crippen LogP contribution >= 0.6 is 11.3 Å². The number of nitrogens with one attached hydrogen (secondary N) is 1. The number of carbonyl (C=O) groups is 1. The van der Waals surface area contributed by atoms with Crippen molar-refractivity contribution < 1.29 is 18.3 Å². The summed E-state index contributed by atoms with van der Waals surface area (Å²) < 4.78 is 27.4. The van der Waals surface area contributed by atoms with Gasteiger partial charge in [-0.25, -0.2) is 13.2 Å². The molecular formula is C18H14N2O4S2. The lowest BCUT2D eigenvalue weighted by atomic mass is 10.2. The van der Waals surface area contributed by atoms with E-state index >= 15 is 0 Å². The summed E-state index contributed by atoms with van der Waals surface area (Å²) in [6.07, 6.45) is 5.31. The highest BCUT2D eigenvalue weighted by molar-refractivity contribution is 7.93. The van der Waals surface area contributed by atoms with Crippen LogP contribution in [0.4, 0.5) is 5.69 Å². The van der Waals surface area contributed by atoms with Gasteiger partial charge in [0.2, 0.25) is 0 Å². The van der Waals surface area contributed by atoms with Gasteiger partial charge in [-0.2, -0.15) is 0 Å². The van der Waals surface area contributed by atoms with Gasteiger partial charge in [-0.05, 0) is 47.4 Å². The first-order valence-corrected chi connectivity index (χ1v) is 9.85. The minimum atomic E-state index is -3.99. The number of benzene rings is 1. The van der Waals surface area contributed by atoms with E-state index in [9.17, 15) is 13.2 Å². The molecule has 2 aromatic heterocycles. The second-order valence-electron chi connectivity index (χ2n) is 5.24. The predicted octanol–water partition coefficient (Wildman–Crippen LogP) is 3.81. The number of anilines is 1. The maximum atomic E-state index is 12.5. The third kappa shape index (κ3) is 4.16. The molecule has 0 saturated carbocycles. The van der Waals surface area contributed by atoms with Crippen molar-refractivity contribution in [1.82, 2.24) is 4.98 Å². The molecule has 8 heteroatoms. The zero-order valence-corrected chi connectivity index (χ0v) is 15.0. The van der Waals surface area contributed by atoms with Crippen LogP contribution in [0, 0.1) is 0 Å². The lowest BCUT2D eigenvalue weighted by molar-refractivity contribution is 0.0698. The first-order valence-electron chi connectivity index (χ1n) is 7.48. The van der Waals surface area contributed by atoms with Crippen LogP contribution < -0.4 is 4.72 Å². The summed E-state index contributed by atoms with van der Waals surface area (Å²) in [4.78, 5) is 14.9. The fourth-order valence-electron chi connectivity index (χ4n) is 2.24. The highest BCUT2D eigenvalue weighted by atomic mass is 32.2. The van der Waals surface area contributed by atoms with E-state index in [1.807, 2.05) is 36.4 Å². The average Bonchev–Trinajstić information content (AvgIpc) is 3.12. The lowest BCUT2D eigenvalue weighted by Gasteiger charge is -2.08. The Kier molecular flexibility index (Phi) is 5.15. The van der Waals surface area contributed by atoms with Gasteiger partial charge in [0.25, 0.3) is 10.0 Å². The Hall–Kier alpha value is -2.97. The molecule has 1 aromatic carbocycles. The number of aromatic carboxylic acids is 1. The highest BCUT2D eigenvalue weighted by Crippen LogP contribution is 2.25. The van der Waals surface area contributed by atoms with E-state index in [4.69, 9.17) is 5.11 Å². The topological polar surface area (TPSA) is 96.4 Å². The van der Waals surface area contributed by atoms with Crippen LogP contribution in [0.15, 0.2) is 65.0 Å². The van der Waals surface area contributed by atoms with Gasteiger partial charge in [0, 0.05) is 11.9 Å². The largest absolute Gasteiger partial charge is 0.477 e. The molecule has 0 aliphatic carbocycles. The maximum absolute atomic E-state index is 12.5. The summed E-state index contributed by atoms with van der Waals surface area (Å²) in [6, 6.07) is 13.6. The first-order chi connectivity index (χ1) is 12.5. The van der Waals surface area contributed by atoms with Crippen molar-refractivity contribution in [1.29, 1.82) is 0 Å². The SMILES string of the molecule is O=C(O)c1sccc1S(=O)(=O)Nc1cccc(/C=C/c2ccccn2)c1. The minimum absolute atomic E-state index is 0.219. The third-order valence-corrected chi connectivity index (χ3v) is 5.84. The van der Waals surface area contributed by atoms with Crippen LogP contribution in [0.1, 0.15) is 20.9 Å². The molecule has 0 fully saturated rings. The summed E-state index contributed by atoms with van der Waals surface area (Å²) in [5, 5.41) is 10.5. The molecule has 2 N–H and O–H groups in total. The van der Waals surface area contributed by atoms with Crippen molar-refractivity contribution in [2.45, 2.75) is 4.90 Å². The van der Waals surface area contributed by atoms with Gasteiger partial charge >= 0.3 is 5.97 Å². The van der Waals surface area contributed by atoms with E-state index in [2.05, 4.69) is 9.71 Å². The highest BCUT2D eigenvalue weighted by Gasteiger charge is 2.23. The van der Waals surface area contributed by atoms with Crippen LogP contribution in [0.5, 0.6) is 0 Å². The molecule has 0 saturated heterocycles. The van der Waals surface area contributed by atoms with E-state index in [-0.39, 0.29) is 9.77 Å². The number of sulfonamides is 1. The van der Waals surface area contributed by atoms with E-state index in [1.54, 1.807) is 24.4 Å². The fraction of sp³-hybridized carbons (Fsp3) is 0. The Morgan fingerprint density at radius 3 is 2.69 bits per heavy atom. The van der Waals surface area contributed by atoms with E-state index in [1.165, 1.54) is 11.4 Å². The second-order valence-corrected chi connectivity index (χ2v) is 7.80. The molecule has 3 rings (SSSR count). The maximum Gasteiger partial charge on any atom is 0.347 e. The zero-order valence-electron chi connectivity index (χ0n) is 13.4. The number of carboxylic acid groups (broad SMARTS) is 1. The summed E-state index contributed by atoms with van der Waals surface area (Å²) in [5.74, 6) is -1.27. The Bertz CT molecular complexity index is 1060. The van der Waals surface area contributed by atoms with Crippen LogP contribution in [-0.4, -0.2) is 24.5 Å². The minimum Gasteiger partial charge on any atom is -0.477 e. The van der Waals surface area contributed by atoms with Gasteiger partial charge in [0.05, 0.1) is 5.69 Å². The third-order valence-electron chi connectivity index (χ3n) is 3.39. The molecule has 0 unspecified atom stereocenters. The van der Waals surface area contributed by atoms with Crippen molar-refractivity contribution in [2.75, 3.05) is 4.72 Å². The average molecular weight is 386 g/mol. The van der Waals surface area contributed by atoms with E-state index in [0.717, 1.165) is 22.6 Å². The van der Waals surface area contributed by atoms with Crippen LogP contribution in [0.2, 0.25) is 0 Å². The number of carboxylic acids is 1. The van der Waals surface area contributed by atoms with Gasteiger partial charge in [-0.1, -0.05) is 24.3 Å². The molecule has 0 aliphatic rings. The standard InChI is InChI=1S/C18H14N2O4S2/c21-18(22)17-16(9-11-25-17)26(23,24)20-15-6-3-4-13(12-15)7-8-14-5-1-2-10-19-14/h1-12,20H,(H,21,22)/b8-7+. The molecular weight excluding hydrogens is 372 g/mol. The van der Waals surface area contributed by atoms with Gasteiger partial charge in [0.1, 0.15) is 9.77 Å². The number of pyridine rings is 1. The Labute approximate surface area is 154 Å². The number of thiophene rings is 1. The summed E-state index contributed by atoms with van der Waals surface area (Å²) in [7, 11) is -3.99. The molecule has 0 atom stereocenters. The molecule has 6 nitrogen and oxygen atoms in total. The molecule has 3 aromatic rings. The molecule has 2 heterocycles. The van der Waals surface area contributed by atoms with E-state index < -0.39 is 16.0 Å². The Balaban J connectivity index is 1.83. The Morgan fingerprint density at radius 2 is 1.96 bits per heavy atom. The van der Waals surface area contributed by atoms with Crippen molar-refractivity contribution in [3.8, 4) is 0 Å². The number of aromatic nitrogens is 1. The molecule has 0 spiro atoms. The van der Waals surface area contributed by atoms with Crippen LogP contribution in [0.25, 0.3) is 12.2 Å². The Morgan fingerprint density at radius 1 is 1.12 bits per heavy atom. The van der Waals surface area contributed by atoms with Crippen molar-refractivity contribution >= 4 is 45.2 Å². The van der Waals surface area contributed by atoms with Crippen LogP contribution in [0.3, 0.4) is 0 Å². The van der Waals surface area contributed by atoms with E-state index in [0.29, 0.717) is 5.69 Å². The summed E-state index contributed by atoms with van der Waals surface area (Å²) in [5.41, 5.74) is 1.90. The molecule has 0 amide bonds. The second kappa shape index (κ2) is 7.51. The number of hydrogen-bond acceptors (Lipinski definition) is 5. The van der Waals surface area contributed by atoms with Crippen LogP contribution in [-0.2, 0) is 10.0 Å². The number of nitrogens with zero attached hydrogens (tertiary/aromatic N) is 1. The molecule has 0 aliphatic heterocycles. The summed E-state index contributed by atoms with van der Waals surface area (Å²) in [6.45, 7) is 0. The molecule has 26 heavy (non-hydrogen) atoms. The number of hydrogen-bond donors (Lipinski definition) is 2. The number of rotatable bonds is 6. The van der Waals surface area contributed by atoms with Gasteiger partial charge in [-0.3, -0.25) is 9.71 Å². The van der Waals surface area contributed by atoms with Crippen molar-refractivity contribution in [2.24, 2.45) is 0 Å². The fourth-order valence-corrected chi connectivity index (χ4v) is 4.55. The van der Waals surface area contributed by atoms with Gasteiger partial charge in [-0.15, -0.1) is 11.3 Å². The van der Waals surface area contributed by atoms with Crippen molar-refractivity contribution in [3.05, 3.63) is 76.2 Å².